The van der Waals surface area contributed by atoms with Crippen molar-refractivity contribution in [2.75, 3.05) is 24.2 Å². The second-order valence-electron chi connectivity index (χ2n) is 4.27. The summed E-state index contributed by atoms with van der Waals surface area (Å²) in [5, 5.41) is -0.227. The van der Waals surface area contributed by atoms with Gasteiger partial charge >= 0.3 is 0 Å². The molecule has 5 nitrogen and oxygen atoms in total. The van der Waals surface area contributed by atoms with Gasteiger partial charge in [-0.2, -0.15) is 0 Å². The van der Waals surface area contributed by atoms with Crippen LogP contribution in [0.2, 0.25) is 5.15 Å². The molecule has 0 bridgehead atoms. The predicted octanol–water partition coefficient (Wildman–Crippen LogP) is 1.47. The second kappa shape index (κ2) is 4.97. The maximum absolute atomic E-state index is 13.0. The van der Waals surface area contributed by atoms with E-state index >= 15 is 0 Å². The molecule has 0 amide bonds. The van der Waals surface area contributed by atoms with Crippen LogP contribution < -0.4 is 4.90 Å². The van der Waals surface area contributed by atoms with Gasteiger partial charge in [0.2, 0.25) is 15.0 Å². The zero-order chi connectivity index (χ0) is 13.3. The first kappa shape index (κ1) is 13.5. The molecule has 0 N–H and O–H groups in total. The minimum Gasteiger partial charge on any atom is -0.356 e. The smallest absolute Gasteiger partial charge is 0.250 e. The number of halogens is 2. The fourth-order valence-electron chi connectivity index (χ4n) is 1.79. The Balaban J connectivity index is 2.31. The number of hydrogen-bond acceptors (Lipinski definition) is 5. The van der Waals surface area contributed by atoms with Crippen LogP contribution in [0, 0.1) is 0 Å². The molecule has 0 spiro atoms. The molecule has 1 aromatic heterocycles. The van der Waals surface area contributed by atoms with Gasteiger partial charge in [-0.25, -0.2) is 22.8 Å². The molecule has 0 unspecified atom stereocenters. The van der Waals surface area contributed by atoms with E-state index in [0.717, 1.165) is 6.26 Å². The Morgan fingerprint density at radius 3 is 2.56 bits per heavy atom. The van der Waals surface area contributed by atoms with E-state index in [2.05, 4.69) is 9.97 Å². The minimum absolute atomic E-state index is 0.0720. The van der Waals surface area contributed by atoms with Crippen LogP contribution in [-0.2, 0) is 9.84 Å². The summed E-state index contributed by atoms with van der Waals surface area (Å²) in [5.74, 6) is 0.433. The van der Waals surface area contributed by atoms with Gasteiger partial charge in [-0.1, -0.05) is 11.6 Å². The Bertz CT molecular complexity index is 544. The normalized spacial score (nSPS) is 18.1. The predicted molar refractivity (Wildman–Crippen MR) is 66.5 cm³/mol. The van der Waals surface area contributed by atoms with Gasteiger partial charge < -0.3 is 4.90 Å². The molecule has 8 heteroatoms. The summed E-state index contributed by atoms with van der Waals surface area (Å²) in [5.41, 5.74) is 0. The molecule has 100 valence electrons. The number of sulfone groups is 1. The fraction of sp³-hybridized carbons (Fsp3) is 0.600. The maximum Gasteiger partial charge on any atom is 0.250 e. The Labute approximate surface area is 110 Å². The number of anilines is 1. The van der Waals surface area contributed by atoms with Gasteiger partial charge in [0.25, 0.3) is 0 Å². The lowest BCUT2D eigenvalue weighted by Gasteiger charge is -2.29. The van der Waals surface area contributed by atoms with Crippen LogP contribution in [0.1, 0.15) is 12.8 Å². The van der Waals surface area contributed by atoms with Gasteiger partial charge in [0, 0.05) is 25.4 Å². The molecule has 0 saturated carbocycles. The molecule has 2 heterocycles. The van der Waals surface area contributed by atoms with Crippen molar-refractivity contribution in [3.8, 4) is 0 Å². The van der Waals surface area contributed by atoms with Crippen LogP contribution in [0.3, 0.4) is 0 Å². The fourth-order valence-corrected chi connectivity index (χ4v) is 2.54. The first-order valence-electron chi connectivity index (χ1n) is 5.50. The van der Waals surface area contributed by atoms with Crippen molar-refractivity contribution < 1.29 is 12.8 Å². The summed E-state index contributed by atoms with van der Waals surface area (Å²) in [6.45, 7) is 0.995. The van der Waals surface area contributed by atoms with Gasteiger partial charge in [0.15, 0.2) is 0 Å². The molecule has 0 radical (unpaired) electrons. The van der Waals surface area contributed by atoms with Gasteiger partial charge in [0.05, 0.1) is 0 Å². The lowest BCUT2D eigenvalue weighted by Crippen LogP contribution is -2.35. The average Bonchev–Trinajstić information content (AvgIpc) is 2.28. The van der Waals surface area contributed by atoms with Crippen molar-refractivity contribution >= 4 is 27.3 Å². The summed E-state index contributed by atoms with van der Waals surface area (Å²) >= 11 is 5.79. The van der Waals surface area contributed by atoms with Crippen molar-refractivity contribution in [3.05, 3.63) is 11.2 Å². The summed E-state index contributed by atoms with van der Waals surface area (Å²) in [4.78, 5) is 9.47. The second-order valence-corrected chi connectivity index (χ2v) is 6.56. The molecule has 2 rings (SSSR count). The standard InChI is InChI=1S/C10H13ClFN3O2S/c1-18(16,17)10-13-8(11)6-9(14-10)15-4-2-7(12)3-5-15/h6-7H,2-5H2,1H3. The van der Waals surface area contributed by atoms with Crippen molar-refractivity contribution in [1.29, 1.82) is 0 Å². The van der Waals surface area contributed by atoms with E-state index in [1.54, 1.807) is 0 Å². The molecule has 0 atom stereocenters. The number of nitrogens with zero attached hydrogens (tertiary/aromatic N) is 3. The highest BCUT2D eigenvalue weighted by molar-refractivity contribution is 7.90. The molecule has 1 aliphatic heterocycles. The van der Waals surface area contributed by atoms with Gasteiger partial charge in [0.1, 0.15) is 17.1 Å². The molecule has 1 saturated heterocycles. The minimum atomic E-state index is -3.50. The number of piperidine rings is 1. The van der Waals surface area contributed by atoms with Crippen LogP contribution in [0.4, 0.5) is 10.2 Å². The average molecular weight is 294 g/mol. The van der Waals surface area contributed by atoms with Crippen LogP contribution in [0.5, 0.6) is 0 Å². The van der Waals surface area contributed by atoms with Crippen molar-refractivity contribution in [1.82, 2.24) is 9.97 Å². The summed E-state index contributed by atoms with van der Waals surface area (Å²) in [6.07, 6.45) is 1.05. The van der Waals surface area contributed by atoms with Crippen LogP contribution in [0.25, 0.3) is 0 Å². The molecule has 1 aliphatic rings. The van der Waals surface area contributed by atoms with Crippen LogP contribution in [-0.4, -0.2) is 43.9 Å². The van der Waals surface area contributed by atoms with E-state index < -0.39 is 16.0 Å². The Hall–Kier alpha value is -0.950. The third-order valence-corrected chi connectivity index (χ3v) is 3.78. The Morgan fingerprint density at radius 2 is 2.00 bits per heavy atom. The van der Waals surface area contributed by atoms with Crippen LogP contribution >= 0.6 is 11.6 Å². The molecule has 1 aromatic rings. The van der Waals surface area contributed by atoms with Gasteiger partial charge in [-0.05, 0) is 12.8 Å². The molecular weight excluding hydrogens is 281 g/mol. The molecular formula is C10H13ClFN3O2S. The van der Waals surface area contributed by atoms with Gasteiger partial charge in [-0.3, -0.25) is 0 Å². The zero-order valence-corrected chi connectivity index (χ0v) is 11.4. The van der Waals surface area contributed by atoms with E-state index in [9.17, 15) is 12.8 Å². The van der Waals surface area contributed by atoms with E-state index in [1.165, 1.54) is 6.07 Å². The highest BCUT2D eigenvalue weighted by Crippen LogP contribution is 2.22. The summed E-state index contributed by atoms with van der Waals surface area (Å²) in [7, 11) is -3.50. The highest BCUT2D eigenvalue weighted by atomic mass is 35.5. The first-order chi connectivity index (χ1) is 8.36. The first-order valence-corrected chi connectivity index (χ1v) is 7.77. The van der Waals surface area contributed by atoms with Crippen molar-refractivity contribution in [2.24, 2.45) is 0 Å². The van der Waals surface area contributed by atoms with E-state index in [4.69, 9.17) is 11.6 Å². The van der Waals surface area contributed by atoms with Crippen molar-refractivity contribution in [2.45, 2.75) is 24.2 Å². The number of hydrogen-bond donors (Lipinski definition) is 0. The zero-order valence-electron chi connectivity index (χ0n) is 9.81. The number of aromatic nitrogens is 2. The SMILES string of the molecule is CS(=O)(=O)c1nc(Cl)cc(N2CCC(F)CC2)n1. The molecule has 0 aliphatic carbocycles. The quantitative estimate of drug-likeness (QED) is 0.610. The third-order valence-electron chi connectivity index (χ3n) is 2.74. The van der Waals surface area contributed by atoms with E-state index in [-0.39, 0.29) is 10.3 Å². The van der Waals surface area contributed by atoms with Gasteiger partial charge in [-0.15, -0.1) is 0 Å². The lowest BCUT2D eigenvalue weighted by atomic mass is 10.1. The topological polar surface area (TPSA) is 63.2 Å². The Morgan fingerprint density at radius 1 is 1.39 bits per heavy atom. The van der Waals surface area contributed by atoms with E-state index in [1.807, 2.05) is 4.90 Å². The lowest BCUT2D eigenvalue weighted by molar-refractivity contribution is 0.276. The number of alkyl halides is 1. The molecule has 0 aromatic carbocycles. The maximum atomic E-state index is 13.0. The monoisotopic (exact) mass is 293 g/mol. The highest BCUT2D eigenvalue weighted by Gasteiger charge is 2.22. The van der Waals surface area contributed by atoms with Crippen LogP contribution in [0.15, 0.2) is 11.2 Å². The van der Waals surface area contributed by atoms with E-state index in [0.29, 0.717) is 31.7 Å². The Kier molecular flexibility index (Phi) is 3.72. The largest absolute Gasteiger partial charge is 0.356 e. The van der Waals surface area contributed by atoms with Crippen molar-refractivity contribution in [3.63, 3.8) is 0 Å². The summed E-state index contributed by atoms with van der Waals surface area (Å²) in [6, 6.07) is 1.49. The summed E-state index contributed by atoms with van der Waals surface area (Å²) < 4.78 is 35.9. The molecule has 18 heavy (non-hydrogen) atoms. The molecule has 1 fully saturated rings. The third kappa shape index (κ3) is 3.08. The number of rotatable bonds is 2.